The summed E-state index contributed by atoms with van der Waals surface area (Å²) in [7, 11) is 0. The fraction of sp³-hybridized carbons (Fsp3) is 0.0714. The number of aromatic hydroxyl groups is 2. The summed E-state index contributed by atoms with van der Waals surface area (Å²) in [5.41, 5.74) is 1.04. The first kappa shape index (κ1) is 10.7. The van der Waals surface area contributed by atoms with Gasteiger partial charge in [0.1, 0.15) is 5.75 Å². The van der Waals surface area contributed by atoms with Crippen LogP contribution in [-0.2, 0) is 6.42 Å². The van der Waals surface area contributed by atoms with Crippen LogP contribution >= 0.6 is 0 Å². The average Bonchev–Trinajstić information content (AvgIpc) is 2.50. The molecule has 0 saturated heterocycles. The first-order valence-electron chi connectivity index (χ1n) is 5.50. The van der Waals surface area contributed by atoms with Crippen molar-refractivity contribution in [2.45, 2.75) is 6.42 Å². The molecule has 2 aromatic carbocycles. The van der Waals surface area contributed by atoms with Gasteiger partial charge in [-0.25, -0.2) is 0 Å². The Morgan fingerprint density at radius 2 is 1.83 bits per heavy atom. The minimum Gasteiger partial charge on any atom is -0.504 e. The van der Waals surface area contributed by atoms with Crippen molar-refractivity contribution in [3.05, 3.63) is 47.5 Å². The molecule has 4 heteroatoms. The topological polar surface area (TPSA) is 66.8 Å². The van der Waals surface area contributed by atoms with E-state index >= 15 is 0 Å². The predicted octanol–water partition coefficient (Wildman–Crippen LogP) is 2.63. The van der Waals surface area contributed by atoms with Crippen LogP contribution < -0.4 is 4.74 Å². The number of phenols is 2. The van der Waals surface area contributed by atoms with E-state index in [0.29, 0.717) is 5.75 Å². The molecule has 0 atom stereocenters. The van der Waals surface area contributed by atoms with Gasteiger partial charge in [0.2, 0.25) is 5.75 Å². The van der Waals surface area contributed by atoms with Crippen molar-refractivity contribution in [1.29, 1.82) is 0 Å². The fourth-order valence-corrected chi connectivity index (χ4v) is 2.01. The number of phenolic OH excluding ortho intramolecular Hbond substituents is 2. The Labute approximate surface area is 103 Å². The molecule has 4 nitrogen and oxygen atoms in total. The third-order valence-corrected chi connectivity index (χ3v) is 2.95. The maximum Gasteiger partial charge on any atom is 0.201 e. The molecule has 18 heavy (non-hydrogen) atoms. The number of benzene rings is 2. The van der Waals surface area contributed by atoms with Gasteiger partial charge in [0, 0.05) is 12.0 Å². The second-order valence-electron chi connectivity index (χ2n) is 4.12. The van der Waals surface area contributed by atoms with Gasteiger partial charge in [-0.15, -0.1) is 0 Å². The van der Waals surface area contributed by atoms with Crippen molar-refractivity contribution in [2.24, 2.45) is 0 Å². The Balaban J connectivity index is 2.24. The highest BCUT2D eigenvalue weighted by molar-refractivity contribution is 6.02. The molecule has 0 fully saturated rings. The van der Waals surface area contributed by atoms with E-state index in [1.807, 2.05) is 6.07 Å². The number of carbonyl (C=O) groups is 1. The summed E-state index contributed by atoms with van der Waals surface area (Å²) in [6.45, 7) is 0. The van der Waals surface area contributed by atoms with Crippen molar-refractivity contribution in [2.75, 3.05) is 0 Å². The molecule has 0 spiro atoms. The number of Topliss-reactive ketones (excluding diaryl/α,β-unsaturated/α-hetero) is 1. The summed E-state index contributed by atoms with van der Waals surface area (Å²) in [5.74, 6) is -0.320. The van der Waals surface area contributed by atoms with E-state index in [-0.39, 0.29) is 29.3 Å². The lowest BCUT2D eigenvalue weighted by molar-refractivity contribution is 0.0993. The summed E-state index contributed by atoms with van der Waals surface area (Å²) >= 11 is 0. The van der Waals surface area contributed by atoms with Gasteiger partial charge >= 0.3 is 0 Å². The summed E-state index contributed by atoms with van der Waals surface area (Å²) < 4.78 is 5.55. The van der Waals surface area contributed by atoms with Gasteiger partial charge in [0.15, 0.2) is 17.3 Å². The molecule has 0 aliphatic carbocycles. The second kappa shape index (κ2) is 3.77. The Morgan fingerprint density at radius 3 is 2.67 bits per heavy atom. The van der Waals surface area contributed by atoms with E-state index in [1.54, 1.807) is 18.2 Å². The smallest absolute Gasteiger partial charge is 0.201 e. The van der Waals surface area contributed by atoms with Crippen molar-refractivity contribution in [3.8, 4) is 23.0 Å². The molecule has 0 radical (unpaired) electrons. The highest BCUT2D eigenvalue weighted by atomic mass is 16.5. The number of carbonyl (C=O) groups excluding carboxylic acids is 1. The van der Waals surface area contributed by atoms with Gasteiger partial charge in [0.25, 0.3) is 0 Å². The second-order valence-corrected chi connectivity index (χ2v) is 4.12. The molecule has 2 aromatic rings. The Morgan fingerprint density at radius 1 is 1.06 bits per heavy atom. The van der Waals surface area contributed by atoms with Crippen LogP contribution in [0.15, 0.2) is 36.4 Å². The standard InChI is InChI=1S/C14H10O4/c15-10-6-5-9-11(16)7-8-3-1-2-4-12(8)18-14(9)13(10)17/h1-6,15,17H,7H2. The normalized spacial score (nSPS) is 13.2. The van der Waals surface area contributed by atoms with Crippen LogP contribution in [0.4, 0.5) is 0 Å². The monoisotopic (exact) mass is 242 g/mol. The van der Waals surface area contributed by atoms with Crippen molar-refractivity contribution in [3.63, 3.8) is 0 Å². The van der Waals surface area contributed by atoms with Crippen LogP contribution in [0.5, 0.6) is 23.0 Å². The van der Waals surface area contributed by atoms with E-state index in [2.05, 4.69) is 0 Å². The lowest BCUT2D eigenvalue weighted by Crippen LogP contribution is -2.01. The lowest BCUT2D eigenvalue weighted by Gasteiger charge is -2.10. The number of hydrogen-bond acceptors (Lipinski definition) is 4. The molecular formula is C14H10O4. The Bertz CT molecular complexity index is 646. The number of rotatable bonds is 0. The van der Waals surface area contributed by atoms with E-state index in [0.717, 1.165) is 5.56 Å². The van der Waals surface area contributed by atoms with Crippen LogP contribution in [-0.4, -0.2) is 16.0 Å². The minimum absolute atomic E-state index is 0.0185. The van der Waals surface area contributed by atoms with Gasteiger partial charge < -0.3 is 14.9 Å². The molecule has 1 aliphatic rings. The van der Waals surface area contributed by atoms with Gasteiger partial charge in [0.05, 0.1) is 5.56 Å². The third kappa shape index (κ3) is 1.50. The maximum atomic E-state index is 12.1. The van der Waals surface area contributed by atoms with Crippen molar-refractivity contribution in [1.82, 2.24) is 0 Å². The van der Waals surface area contributed by atoms with E-state index < -0.39 is 5.75 Å². The van der Waals surface area contributed by atoms with Gasteiger partial charge in [-0.05, 0) is 18.2 Å². The number of para-hydroxylation sites is 1. The summed E-state index contributed by atoms with van der Waals surface area (Å²) in [5, 5.41) is 19.2. The largest absolute Gasteiger partial charge is 0.504 e. The Kier molecular flexibility index (Phi) is 2.23. The fourth-order valence-electron chi connectivity index (χ4n) is 2.01. The van der Waals surface area contributed by atoms with Crippen LogP contribution in [0.1, 0.15) is 15.9 Å². The van der Waals surface area contributed by atoms with Gasteiger partial charge in [-0.1, -0.05) is 18.2 Å². The summed E-state index contributed by atoms with van der Waals surface area (Å²) in [4.78, 5) is 12.1. The summed E-state index contributed by atoms with van der Waals surface area (Å²) in [6.07, 6.45) is 0.216. The van der Waals surface area contributed by atoms with Crippen LogP contribution in [0.25, 0.3) is 0 Å². The molecule has 0 unspecified atom stereocenters. The first-order chi connectivity index (χ1) is 8.66. The molecule has 0 aromatic heterocycles. The highest BCUT2D eigenvalue weighted by Crippen LogP contribution is 2.43. The molecule has 0 amide bonds. The number of ketones is 1. The maximum absolute atomic E-state index is 12.1. The number of fused-ring (bicyclic) bond motifs is 2. The molecular weight excluding hydrogens is 232 g/mol. The van der Waals surface area contributed by atoms with E-state index in [9.17, 15) is 15.0 Å². The van der Waals surface area contributed by atoms with E-state index in [1.165, 1.54) is 12.1 Å². The molecule has 1 aliphatic heterocycles. The number of hydrogen-bond donors (Lipinski definition) is 2. The minimum atomic E-state index is -0.405. The molecule has 1 heterocycles. The molecule has 2 N–H and O–H groups in total. The van der Waals surface area contributed by atoms with Gasteiger partial charge in [-0.2, -0.15) is 0 Å². The van der Waals surface area contributed by atoms with E-state index in [4.69, 9.17) is 4.74 Å². The predicted molar refractivity (Wildman–Crippen MR) is 64.3 cm³/mol. The zero-order valence-electron chi connectivity index (χ0n) is 9.38. The lowest BCUT2D eigenvalue weighted by atomic mass is 10.0. The first-order valence-corrected chi connectivity index (χ1v) is 5.50. The zero-order chi connectivity index (χ0) is 12.7. The SMILES string of the molecule is O=C1Cc2ccccc2Oc2c1ccc(O)c2O. The van der Waals surface area contributed by atoms with Crippen LogP contribution in [0, 0.1) is 0 Å². The quantitative estimate of drug-likeness (QED) is 0.697. The average molecular weight is 242 g/mol. The number of ether oxygens (including phenoxy) is 1. The molecule has 3 rings (SSSR count). The van der Waals surface area contributed by atoms with Crippen LogP contribution in [0.3, 0.4) is 0 Å². The van der Waals surface area contributed by atoms with Crippen molar-refractivity contribution >= 4 is 5.78 Å². The highest BCUT2D eigenvalue weighted by Gasteiger charge is 2.24. The third-order valence-electron chi connectivity index (χ3n) is 2.95. The molecule has 90 valence electrons. The molecule has 0 bridgehead atoms. The molecule has 0 saturated carbocycles. The van der Waals surface area contributed by atoms with Crippen LogP contribution in [0.2, 0.25) is 0 Å². The summed E-state index contributed by atoms with van der Waals surface area (Å²) in [6, 6.07) is 9.87. The van der Waals surface area contributed by atoms with Crippen molar-refractivity contribution < 1.29 is 19.7 Å². The Hall–Kier alpha value is -2.49. The van der Waals surface area contributed by atoms with Gasteiger partial charge in [-0.3, -0.25) is 4.79 Å². The zero-order valence-corrected chi connectivity index (χ0v) is 9.38.